The van der Waals surface area contributed by atoms with Crippen LogP contribution in [0.1, 0.15) is 12.5 Å². The molecule has 2 rings (SSSR count). The number of nitrogens with zero attached hydrogens (tertiary/aromatic N) is 1. The molecule has 0 aliphatic rings. The molecular weight excluding hydrogens is 260 g/mol. The van der Waals surface area contributed by atoms with Crippen LogP contribution in [-0.4, -0.2) is 31.5 Å². The molecule has 5 heteroatoms. The molecule has 0 aliphatic carbocycles. The highest BCUT2D eigenvalue weighted by Crippen LogP contribution is 2.17. The number of nitrogens with one attached hydrogen (secondary N) is 1. The predicted octanol–water partition coefficient (Wildman–Crippen LogP) is 1.76. The zero-order valence-electron chi connectivity index (χ0n) is 11.1. The third kappa shape index (κ3) is 4.01. The molecule has 1 N–H and O–H groups in total. The Balaban J connectivity index is 2.10. The van der Waals surface area contributed by atoms with Crippen LogP contribution < -0.4 is 5.32 Å². The second kappa shape index (κ2) is 5.67. The SMILES string of the molecule is CC(CS(C)(=O)=O)NCc1cccc2cnccc12. The molecule has 2 aromatic rings. The average Bonchev–Trinajstić information content (AvgIpc) is 2.34. The molecule has 0 aliphatic heterocycles. The molecule has 0 bridgehead atoms. The summed E-state index contributed by atoms with van der Waals surface area (Å²) in [6.07, 6.45) is 4.86. The van der Waals surface area contributed by atoms with E-state index in [0.29, 0.717) is 6.54 Å². The van der Waals surface area contributed by atoms with Crippen molar-refractivity contribution in [1.82, 2.24) is 10.3 Å². The van der Waals surface area contributed by atoms with Crippen molar-refractivity contribution < 1.29 is 8.42 Å². The Bertz CT molecular complexity index is 663. The first-order valence-corrected chi connectivity index (χ1v) is 8.24. The van der Waals surface area contributed by atoms with Gasteiger partial charge in [0.05, 0.1) is 5.75 Å². The molecule has 0 fully saturated rings. The number of aromatic nitrogens is 1. The summed E-state index contributed by atoms with van der Waals surface area (Å²) in [5.41, 5.74) is 1.15. The molecular formula is C14H18N2O2S. The minimum atomic E-state index is -2.94. The molecule has 1 aromatic heterocycles. The maximum absolute atomic E-state index is 11.2. The monoisotopic (exact) mass is 278 g/mol. The summed E-state index contributed by atoms with van der Waals surface area (Å²) >= 11 is 0. The van der Waals surface area contributed by atoms with E-state index in [-0.39, 0.29) is 11.8 Å². The predicted molar refractivity (Wildman–Crippen MR) is 77.8 cm³/mol. The van der Waals surface area contributed by atoms with Gasteiger partial charge in [-0.05, 0) is 23.9 Å². The highest BCUT2D eigenvalue weighted by molar-refractivity contribution is 7.90. The van der Waals surface area contributed by atoms with Gasteiger partial charge in [0.2, 0.25) is 0 Å². The van der Waals surface area contributed by atoms with Gasteiger partial charge in [-0.2, -0.15) is 0 Å². The van der Waals surface area contributed by atoms with E-state index in [4.69, 9.17) is 0 Å². The molecule has 1 atom stereocenters. The third-order valence-electron chi connectivity index (χ3n) is 2.96. The second-order valence-electron chi connectivity index (χ2n) is 4.89. The molecule has 4 nitrogen and oxygen atoms in total. The van der Waals surface area contributed by atoms with Gasteiger partial charge in [-0.1, -0.05) is 18.2 Å². The molecule has 0 saturated carbocycles. The Hall–Kier alpha value is -1.46. The quantitative estimate of drug-likeness (QED) is 0.905. The fraction of sp³-hybridized carbons (Fsp3) is 0.357. The smallest absolute Gasteiger partial charge is 0.148 e. The standard InChI is InChI=1S/C14H18N2O2S/c1-11(10-19(2,17)18)16-9-13-5-3-4-12-8-15-7-6-14(12)13/h3-8,11,16H,9-10H2,1-2H3. The van der Waals surface area contributed by atoms with Crippen molar-refractivity contribution in [2.75, 3.05) is 12.0 Å². The van der Waals surface area contributed by atoms with E-state index in [9.17, 15) is 8.42 Å². The van der Waals surface area contributed by atoms with Crippen LogP contribution >= 0.6 is 0 Å². The largest absolute Gasteiger partial charge is 0.309 e. The zero-order chi connectivity index (χ0) is 13.9. The average molecular weight is 278 g/mol. The number of pyridine rings is 1. The highest BCUT2D eigenvalue weighted by Gasteiger charge is 2.10. The van der Waals surface area contributed by atoms with Crippen molar-refractivity contribution in [1.29, 1.82) is 0 Å². The van der Waals surface area contributed by atoms with Crippen LogP contribution in [0.3, 0.4) is 0 Å². The van der Waals surface area contributed by atoms with Gasteiger partial charge in [-0.15, -0.1) is 0 Å². The van der Waals surface area contributed by atoms with Gasteiger partial charge in [0, 0.05) is 36.6 Å². The Labute approximate surface area is 113 Å². The van der Waals surface area contributed by atoms with Crippen molar-refractivity contribution in [2.45, 2.75) is 19.5 Å². The molecule has 102 valence electrons. The number of hydrogen-bond acceptors (Lipinski definition) is 4. The number of sulfone groups is 1. The first kappa shape index (κ1) is 14.0. The normalized spacial score (nSPS) is 13.6. The molecule has 0 spiro atoms. The fourth-order valence-electron chi connectivity index (χ4n) is 2.14. The van der Waals surface area contributed by atoms with Gasteiger partial charge in [0.1, 0.15) is 9.84 Å². The first-order valence-electron chi connectivity index (χ1n) is 6.18. The lowest BCUT2D eigenvalue weighted by molar-refractivity contribution is 0.561. The minimum absolute atomic E-state index is 0.0629. The van der Waals surface area contributed by atoms with E-state index < -0.39 is 9.84 Å². The Morgan fingerprint density at radius 1 is 1.32 bits per heavy atom. The van der Waals surface area contributed by atoms with Crippen molar-refractivity contribution >= 4 is 20.6 Å². The maximum atomic E-state index is 11.2. The van der Waals surface area contributed by atoms with E-state index in [1.54, 1.807) is 6.20 Å². The topological polar surface area (TPSA) is 59.1 Å². The van der Waals surface area contributed by atoms with Crippen LogP contribution in [0.5, 0.6) is 0 Å². The van der Waals surface area contributed by atoms with E-state index in [0.717, 1.165) is 16.3 Å². The lowest BCUT2D eigenvalue weighted by Crippen LogP contribution is -2.32. The fourth-order valence-corrected chi connectivity index (χ4v) is 3.17. The third-order valence-corrected chi connectivity index (χ3v) is 4.07. The van der Waals surface area contributed by atoms with Crippen molar-refractivity contribution in [2.24, 2.45) is 0 Å². The lowest BCUT2D eigenvalue weighted by Gasteiger charge is -2.13. The molecule has 0 amide bonds. The van der Waals surface area contributed by atoms with Gasteiger partial charge >= 0.3 is 0 Å². The molecule has 19 heavy (non-hydrogen) atoms. The van der Waals surface area contributed by atoms with E-state index in [1.807, 2.05) is 37.4 Å². The summed E-state index contributed by atoms with van der Waals surface area (Å²) in [6, 6.07) is 7.97. The van der Waals surface area contributed by atoms with Crippen molar-refractivity contribution in [3.05, 3.63) is 42.2 Å². The van der Waals surface area contributed by atoms with E-state index in [2.05, 4.69) is 10.3 Å². The zero-order valence-corrected chi connectivity index (χ0v) is 11.9. The van der Waals surface area contributed by atoms with Gasteiger partial charge in [-0.3, -0.25) is 4.98 Å². The molecule has 0 saturated heterocycles. The Morgan fingerprint density at radius 2 is 2.11 bits per heavy atom. The minimum Gasteiger partial charge on any atom is -0.309 e. The maximum Gasteiger partial charge on any atom is 0.148 e. The summed E-state index contributed by atoms with van der Waals surface area (Å²) in [5, 5.41) is 5.49. The van der Waals surface area contributed by atoms with Crippen LogP contribution in [0, 0.1) is 0 Å². The van der Waals surface area contributed by atoms with Crippen LogP contribution in [0.4, 0.5) is 0 Å². The molecule has 1 heterocycles. The van der Waals surface area contributed by atoms with Gasteiger partial charge in [-0.25, -0.2) is 8.42 Å². The van der Waals surface area contributed by atoms with Crippen LogP contribution in [0.2, 0.25) is 0 Å². The van der Waals surface area contributed by atoms with Crippen molar-refractivity contribution in [3.8, 4) is 0 Å². The van der Waals surface area contributed by atoms with Gasteiger partial charge in [0.25, 0.3) is 0 Å². The van der Waals surface area contributed by atoms with Crippen LogP contribution in [0.15, 0.2) is 36.7 Å². The molecule has 0 radical (unpaired) electrons. The number of benzene rings is 1. The van der Waals surface area contributed by atoms with Gasteiger partial charge < -0.3 is 5.32 Å². The summed E-state index contributed by atoms with van der Waals surface area (Å²) < 4.78 is 22.4. The summed E-state index contributed by atoms with van der Waals surface area (Å²) in [4.78, 5) is 4.10. The number of fused-ring (bicyclic) bond motifs is 1. The summed E-state index contributed by atoms with van der Waals surface area (Å²) in [5.74, 6) is 0.152. The van der Waals surface area contributed by atoms with E-state index >= 15 is 0 Å². The highest BCUT2D eigenvalue weighted by atomic mass is 32.2. The Morgan fingerprint density at radius 3 is 2.84 bits per heavy atom. The second-order valence-corrected chi connectivity index (χ2v) is 7.07. The first-order chi connectivity index (χ1) is 8.96. The van der Waals surface area contributed by atoms with Gasteiger partial charge in [0.15, 0.2) is 0 Å². The molecule has 1 unspecified atom stereocenters. The van der Waals surface area contributed by atoms with Crippen LogP contribution in [0.25, 0.3) is 10.8 Å². The van der Waals surface area contributed by atoms with E-state index in [1.165, 1.54) is 6.26 Å². The summed E-state index contributed by atoms with van der Waals surface area (Å²) in [6.45, 7) is 2.53. The van der Waals surface area contributed by atoms with Crippen LogP contribution in [-0.2, 0) is 16.4 Å². The summed E-state index contributed by atoms with van der Waals surface area (Å²) in [7, 11) is -2.94. The molecule has 1 aromatic carbocycles. The Kier molecular flexibility index (Phi) is 4.17. The number of hydrogen-bond donors (Lipinski definition) is 1. The number of rotatable bonds is 5. The van der Waals surface area contributed by atoms with Crippen molar-refractivity contribution in [3.63, 3.8) is 0 Å². The lowest BCUT2D eigenvalue weighted by atomic mass is 10.1.